The summed E-state index contributed by atoms with van der Waals surface area (Å²) in [6.45, 7) is 6.34. The van der Waals surface area contributed by atoms with Crippen LogP contribution in [0.15, 0.2) is 18.2 Å². The summed E-state index contributed by atoms with van der Waals surface area (Å²) < 4.78 is 0. The van der Waals surface area contributed by atoms with Crippen molar-refractivity contribution in [3.63, 3.8) is 0 Å². The largest absolute Gasteiger partial charge is 0.383 e. The van der Waals surface area contributed by atoms with Gasteiger partial charge in [-0.1, -0.05) is 26.0 Å². The lowest BCUT2D eigenvalue weighted by Crippen LogP contribution is -2.37. The molecule has 0 unspecified atom stereocenters. The normalized spacial score (nSPS) is 13.6. The van der Waals surface area contributed by atoms with Crippen LogP contribution in [-0.4, -0.2) is 32.6 Å². The number of para-hydroxylation sites is 1. The zero-order valence-corrected chi connectivity index (χ0v) is 12.7. The van der Waals surface area contributed by atoms with Gasteiger partial charge in [0.05, 0.1) is 17.9 Å². The molecule has 1 aliphatic heterocycles. The maximum atomic E-state index is 11.9. The molecule has 0 saturated heterocycles. The monoisotopic (exact) mass is 275 g/mol. The molecule has 20 heavy (non-hydrogen) atoms. The van der Waals surface area contributed by atoms with Gasteiger partial charge in [0, 0.05) is 20.1 Å². The zero-order chi connectivity index (χ0) is 14.5. The second kappa shape index (κ2) is 6.64. The van der Waals surface area contributed by atoms with E-state index in [-0.39, 0.29) is 5.91 Å². The molecule has 1 aromatic carbocycles. The number of likely N-dealkylation sites (N-methyl/N-ethyl adjacent to an activating group) is 1. The number of nitrogens with one attached hydrogen (secondary N) is 2. The summed E-state index contributed by atoms with van der Waals surface area (Å²) in [6.07, 6.45) is 2.29. The first-order valence-corrected chi connectivity index (χ1v) is 7.41. The van der Waals surface area contributed by atoms with Crippen molar-refractivity contribution < 1.29 is 4.79 Å². The minimum atomic E-state index is 0.0783. The Hall–Kier alpha value is -1.71. The van der Waals surface area contributed by atoms with Crippen LogP contribution < -0.4 is 15.5 Å². The standard InChI is InChI=1S/C16H25N3O/c1-12(2)10-18-15(20)11-19(3)14-8-4-6-13-7-5-9-17-16(13)14/h4,6,8,12,17H,5,7,9-11H2,1-3H3,(H,18,20). The first kappa shape index (κ1) is 14.7. The minimum Gasteiger partial charge on any atom is -0.383 e. The highest BCUT2D eigenvalue weighted by atomic mass is 16.2. The molecule has 2 N–H and O–H groups in total. The minimum absolute atomic E-state index is 0.0783. The van der Waals surface area contributed by atoms with Crippen LogP contribution in [0.25, 0.3) is 0 Å². The first-order chi connectivity index (χ1) is 9.58. The molecule has 1 aliphatic rings. The van der Waals surface area contributed by atoms with E-state index in [1.807, 2.05) is 11.9 Å². The van der Waals surface area contributed by atoms with E-state index in [0.717, 1.165) is 25.2 Å². The number of aryl methyl sites for hydroxylation is 1. The summed E-state index contributed by atoms with van der Waals surface area (Å²) in [5.74, 6) is 0.560. The number of carbonyl (C=O) groups is 1. The van der Waals surface area contributed by atoms with Crippen LogP contribution in [-0.2, 0) is 11.2 Å². The number of fused-ring (bicyclic) bond motifs is 1. The van der Waals surface area contributed by atoms with Gasteiger partial charge in [-0.2, -0.15) is 0 Å². The van der Waals surface area contributed by atoms with Crippen molar-refractivity contribution in [3.8, 4) is 0 Å². The van der Waals surface area contributed by atoms with E-state index in [4.69, 9.17) is 0 Å². The summed E-state index contributed by atoms with van der Waals surface area (Å²) in [5, 5.41) is 6.42. The van der Waals surface area contributed by atoms with Crippen LogP contribution in [0.1, 0.15) is 25.8 Å². The highest BCUT2D eigenvalue weighted by Gasteiger charge is 2.16. The topological polar surface area (TPSA) is 44.4 Å². The van der Waals surface area contributed by atoms with Gasteiger partial charge in [0.15, 0.2) is 0 Å². The maximum Gasteiger partial charge on any atom is 0.239 e. The highest BCUT2D eigenvalue weighted by Crippen LogP contribution is 2.32. The van der Waals surface area contributed by atoms with Gasteiger partial charge in [0.1, 0.15) is 0 Å². The van der Waals surface area contributed by atoms with Crippen LogP contribution in [0, 0.1) is 5.92 Å². The number of amides is 1. The van der Waals surface area contributed by atoms with Gasteiger partial charge in [-0.05, 0) is 30.4 Å². The number of carbonyl (C=O) groups excluding carboxylic acids is 1. The molecule has 0 fully saturated rings. The quantitative estimate of drug-likeness (QED) is 0.866. The molecule has 0 spiro atoms. The Morgan fingerprint density at radius 1 is 1.45 bits per heavy atom. The van der Waals surface area contributed by atoms with E-state index in [9.17, 15) is 4.79 Å². The molecular weight excluding hydrogens is 250 g/mol. The third-order valence-electron chi connectivity index (χ3n) is 3.55. The van der Waals surface area contributed by atoms with Crippen molar-refractivity contribution >= 4 is 17.3 Å². The number of hydrogen-bond donors (Lipinski definition) is 2. The number of anilines is 2. The van der Waals surface area contributed by atoms with Gasteiger partial charge in [0.2, 0.25) is 5.91 Å². The Bertz CT molecular complexity index is 471. The third kappa shape index (κ3) is 3.65. The van der Waals surface area contributed by atoms with E-state index in [2.05, 4.69) is 42.7 Å². The molecule has 4 nitrogen and oxygen atoms in total. The number of nitrogens with zero attached hydrogens (tertiary/aromatic N) is 1. The van der Waals surface area contributed by atoms with E-state index in [1.165, 1.54) is 17.7 Å². The van der Waals surface area contributed by atoms with Gasteiger partial charge < -0.3 is 15.5 Å². The summed E-state index contributed by atoms with van der Waals surface area (Å²) in [7, 11) is 1.97. The summed E-state index contributed by atoms with van der Waals surface area (Å²) >= 11 is 0. The second-order valence-electron chi connectivity index (χ2n) is 5.90. The van der Waals surface area contributed by atoms with Crippen molar-refractivity contribution in [3.05, 3.63) is 23.8 Å². The molecule has 0 aliphatic carbocycles. The van der Waals surface area contributed by atoms with Crippen LogP contribution in [0.4, 0.5) is 11.4 Å². The van der Waals surface area contributed by atoms with Crippen molar-refractivity contribution in [2.75, 3.05) is 36.9 Å². The lowest BCUT2D eigenvalue weighted by molar-refractivity contribution is -0.119. The molecule has 1 aromatic rings. The smallest absolute Gasteiger partial charge is 0.239 e. The summed E-state index contributed by atoms with van der Waals surface area (Å²) in [4.78, 5) is 13.9. The highest BCUT2D eigenvalue weighted by molar-refractivity contribution is 5.84. The molecule has 0 bridgehead atoms. The second-order valence-corrected chi connectivity index (χ2v) is 5.90. The summed E-state index contributed by atoms with van der Waals surface area (Å²) in [5.41, 5.74) is 3.66. The molecule has 4 heteroatoms. The van der Waals surface area contributed by atoms with Gasteiger partial charge in [-0.25, -0.2) is 0 Å². The predicted octanol–water partition coefficient (Wildman–Crippen LogP) is 2.25. The van der Waals surface area contributed by atoms with Gasteiger partial charge in [0.25, 0.3) is 0 Å². The van der Waals surface area contributed by atoms with E-state index < -0.39 is 0 Å². The SMILES string of the molecule is CC(C)CNC(=O)CN(C)c1cccc2c1NCCC2. The summed E-state index contributed by atoms with van der Waals surface area (Å²) in [6, 6.07) is 6.31. The molecule has 1 amide bonds. The Morgan fingerprint density at radius 3 is 3.00 bits per heavy atom. The van der Waals surface area contributed by atoms with Crippen LogP contribution in [0.3, 0.4) is 0 Å². The maximum absolute atomic E-state index is 11.9. The van der Waals surface area contributed by atoms with Crippen molar-refractivity contribution in [1.82, 2.24) is 5.32 Å². The number of benzene rings is 1. The Balaban J connectivity index is 2.02. The molecule has 0 radical (unpaired) electrons. The van der Waals surface area contributed by atoms with Crippen LogP contribution in [0.5, 0.6) is 0 Å². The predicted molar refractivity (Wildman–Crippen MR) is 84.4 cm³/mol. The van der Waals surface area contributed by atoms with Crippen molar-refractivity contribution in [2.24, 2.45) is 5.92 Å². The molecule has 2 rings (SSSR count). The fraction of sp³-hybridized carbons (Fsp3) is 0.562. The van der Waals surface area contributed by atoms with Gasteiger partial charge in [-0.15, -0.1) is 0 Å². The van der Waals surface area contributed by atoms with Crippen molar-refractivity contribution in [2.45, 2.75) is 26.7 Å². The van der Waals surface area contributed by atoms with E-state index in [0.29, 0.717) is 12.5 Å². The number of rotatable bonds is 5. The Kier molecular flexibility index (Phi) is 4.88. The Morgan fingerprint density at radius 2 is 2.25 bits per heavy atom. The lowest BCUT2D eigenvalue weighted by Gasteiger charge is -2.27. The zero-order valence-electron chi connectivity index (χ0n) is 12.7. The Labute approximate surface area is 121 Å². The molecule has 0 atom stereocenters. The molecule has 1 heterocycles. The molecule has 0 saturated carbocycles. The van der Waals surface area contributed by atoms with E-state index in [1.54, 1.807) is 0 Å². The molecule has 0 aromatic heterocycles. The lowest BCUT2D eigenvalue weighted by atomic mass is 10.0. The van der Waals surface area contributed by atoms with E-state index >= 15 is 0 Å². The first-order valence-electron chi connectivity index (χ1n) is 7.41. The number of hydrogen-bond acceptors (Lipinski definition) is 3. The fourth-order valence-electron chi connectivity index (χ4n) is 2.48. The van der Waals surface area contributed by atoms with Gasteiger partial charge in [-0.3, -0.25) is 4.79 Å². The van der Waals surface area contributed by atoms with Crippen molar-refractivity contribution in [1.29, 1.82) is 0 Å². The van der Waals surface area contributed by atoms with Gasteiger partial charge >= 0.3 is 0 Å². The molecular formula is C16H25N3O. The van der Waals surface area contributed by atoms with Crippen LogP contribution in [0.2, 0.25) is 0 Å². The third-order valence-corrected chi connectivity index (χ3v) is 3.55. The average Bonchev–Trinajstić information content (AvgIpc) is 2.44. The fourth-order valence-corrected chi connectivity index (χ4v) is 2.48. The molecule has 110 valence electrons. The van der Waals surface area contributed by atoms with Crippen LogP contribution >= 0.6 is 0 Å². The average molecular weight is 275 g/mol.